The van der Waals surface area contributed by atoms with Gasteiger partial charge in [0.25, 0.3) is 0 Å². The Kier molecular flexibility index (Phi) is 4.98. The third kappa shape index (κ3) is 5.02. The maximum atomic E-state index is 11.8. The van der Waals surface area contributed by atoms with Crippen LogP contribution in [0.3, 0.4) is 0 Å². The minimum atomic E-state index is -0.934. The third-order valence-electron chi connectivity index (χ3n) is 2.83. The molecule has 0 aliphatic rings. The Morgan fingerprint density at radius 3 is 2.52 bits per heavy atom. The predicted octanol–water partition coefficient (Wildman–Crippen LogP) is 1.68. The first-order chi connectivity index (χ1) is 10.1. The number of rotatable bonds is 6. The first kappa shape index (κ1) is 14.6. The van der Waals surface area contributed by atoms with Gasteiger partial charge in [-0.15, -0.1) is 0 Å². The van der Waals surface area contributed by atoms with Crippen LogP contribution in [0.15, 0.2) is 42.9 Å². The lowest BCUT2D eigenvalue weighted by molar-refractivity contribution is -0.136. The lowest BCUT2D eigenvalue weighted by Crippen LogP contribution is -2.13. The van der Waals surface area contributed by atoms with Crippen molar-refractivity contribution < 1.29 is 14.7 Å². The fraction of sp³-hybridized carbons (Fsp3) is 0.200. The van der Waals surface area contributed by atoms with Gasteiger partial charge in [0.2, 0.25) is 5.91 Å². The highest BCUT2D eigenvalue weighted by Gasteiger charge is 2.05. The van der Waals surface area contributed by atoms with E-state index in [0.717, 1.165) is 5.56 Å². The summed E-state index contributed by atoms with van der Waals surface area (Å²) in [6.07, 6.45) is 5.72. The number of pyridine rings is 2. The number of carbonyl (C=O) groups excluding carboxylic acids is 1. The summed E-state index contributed by atoms with van der Waals surface area (Å²) in [4.78, 5) is 30.2. The Bertz CT molecular complexity index is 612. The van der Waals surface area contributed by atoms with Crippen molar-refractivity contribution in [1.82, 2.24) is 9.97 Å². The van der Waals surface area contributed by atoms with Crippen molar-refractivity contribution in [2.45, 2.75) is 19.3 Å². The van der Waals surface area contributed by atoms with Gasteiger partial charge in [-0.2, -0.15) is 0 Å². The van der Waals surface area contributed by atoms with Gasteiger partial charge in [0.1, 0.15) is 0 Å². The van der Waals surface area contributed by atoms with Gasteiger partial charge in [-0.25, -0.2) is 0 Å². The summed E-state index contributed by atoms with van der Waals surface area (Å²) in [7, 11) is 0. The van der Waals surface area contributed by atoms with Crippen molar-refractivity contribution in [2.75, 3.05) is 5.32 Å². The predicted molar refractivity (Wildman–Crippen MR) is 76.8 cm³/mol. The molecule has 2 heterocycles. The molecule has 0 saturated heterocycles. The summed E-state index contributed by atoms with van der Waals surface area (Å²) < 4.78 is 0. The molecule has 0 radical (unpaired) electrons. The molecule has 1 amide bonds. The van der Waals surface area contributed by atoms with Crippen LogP contribution in [0, 0.1) is 0 Å². The second-order valence-electron chi connectivity index (χ2n) is 4.51. The van der Waals surface area contributed by atoms with Gasteiger partial charge < -0.3 is 10.4 Å². The first-order valence-electron chi connectivity index (χ1n) is 6.49. The summed E-state index contributed by atoms with van der Waals surface area (Å²) >= 11 is 0. The maximum Gasteiger partial charge on any atom is 0.309 e. The molecule has 6 heteroatoms. The summed E-state index contributed by atoms with van der Waals surface area (Å²) in [6.45, 7) is 0. The minimum Gasteiger partial charge on any atom is -0.481 e. The van der Waals surface area contributed by atoms with Crippen LogP contribution in [0.2, 0.25) is 0 Å². The number of hydrogen-bond donors (Lipinski definition) is 2. The van der Waals surface area contributed by atoms with Gasteiger partial charge in [0.05, 0.1) is 24.0 Å². The number of carboxylic acid groups (broad SMARTS) is 1. The van der Waals surface area contributed by atoms with E-state index in [9.17, 15) is 9.59 Å². The average molecular weight is 285 g/mol. The van der Waals surface area contributed by atoms with Crippen molar-refractivity contribution in [3.05, 3.63) is 54.1 Å². The van der Waals surface area contributed by atoms with Crippen LogP contribution >= 0.6 is 0 Å². The molecule has 0 bridgehead atoms. The minimum absolute atomic E-state index is 0.111. The van der Waals surface area contributed by atoms with Crippen LogP contribution in [0.1, 0.15) is 17.7 Å². The van der Waals surface area contributed by atoms with Crippen molar-refractivity contribution in [1.29, 1.82) is 0 Å². The third-order valence-corrected chi connectivity index (χ3v) is 2.83. The monoisotopic (exact) mass is 285 g/mol. The van der Waals surface area contributed by atoms with E-state index in [1.807, 2.05) is 12.1 Å². The molecule has 0 fully saturated rings. The largest absolute Gasteiger partial charge is 0.481 e. The Morgan fingerprint density at radius 2 is 1.90 bits per heavy atom. The van der Waals surface area contributed by atoms with Gasteiger partial charge in [0, 0.05) is 18.8 Å². The second-order valence-corrected chi connectivity index (χ2v) is 4.51. The molecule has 0 aromatic carbocycles. The Hall–Kier alpha value is -2.76. The molecular weight excluding hydrogens is 270 g/mol. The van der Waals surface area contributed by atoms with Crippen molar-refractivity contribution in [2.24, 2.45) is 0 Å². The number of aromatic nitrogens is 2. The summed E-state index contributed by atoms with van der Waals surface area (Å²) in [5.74, 6) is -1.05. The fourth-order valence-corrected chi connectivity index (χ4v) is 1.79. The van der Waals surface area contributed by atoms with E-state index >= 15 is 0 Å². The molecule has 6 nitrogen and oxygen atoms in total. The van der Waals surface area contributed by atoms with E-state index in [2.05, 4.69) is 15.3 Å². The van der Waals surface area contributed by atoms with E-state index in [1.54, 1.807) is 24.5 Å². The number of nitrogens with one attached hydrogen (secondary N) is 1. The SMILES string of the molecule is O=C(O)Cc1ccc(NC(=O)CCc2ccncc2)cn1. The van der Waals surface area contributed by atoms with Gasteiger partial charge in [0.15, 0.2) is 0 Å². The quantitative estimate of drug-likeness (QED) is 0.842. The first-order valence-corrected chi connectivity index (χ1v) is 6.49. The molecule has 2 aromatic rings. The number of aliphatic carboxylic acids is 1. The van der Waals surface area contributed by atoms with Crippen LogP contribution in [0.25, 0.3) is 0 Å². The zero-order valence-corrected chi connectivity index (χ0v) is 11.3. The van der Waals surface area contributed by atoms with Crippen molar-refractivity contribution >= 4 is 17.6 Å². The van der Waals surface area contributed by atoms with E-state index in [-0.39, 0.29) is 12.3 Å². The highest BCUT2D eigenvalue weighted by Crippen LogP contribution is 2.08. The van der Waals surface area contributed by atoms with Crippen LogP contribution in [-0.4, -0.2) is 27.0 Å². The van der Waals surface area contributed by atoms with Gasteiger partial charge >= 0.3 is 5.97 Å². The molecule has 2 N–H and O–H groups in total. The molecular formula is C15H15N3O3. The number of hydrogen-bond acceptors (Lipinski definition) is 4. The molecule has 2 rings (SSSR count). The lowest BCUT2D eigenvalue weighted by atomic mass is 10.1. The zero-order chi connectivity index (χ0) is 15.1. The van der Waals surface area contributed by atoms with Gasteiger partial charge in [-0.05, 0) is 36.2 Å². The van der Waals surface area contributed by atoms with E-state index in [4.69, 9.17) is 5.11 Å². The van der Waals surface area contributed by atoms with Crippen LogP contribution in [-0.2, 0) is 22.4 Å². The van der Waals surface area contributed by atoms with Crippen LogP contribution in [0.4, 0.5) is 5.69 Å². The Labute approximate surface area is 121 Å². The van der Waals surface area contributed by atoms with Crippen molar-refractivity contribution in [3.8, 4) is 0 Å². The van der Waals surface area contributed by atoms with Crippen LogP contribution < -0.4 is 5.32 Å². The zero-order valence-electron chi connectivity index (χ0n) is 11.3. The Balaban J connectivity index is 1.83. The normalized spacial score (nSPS) is 10.1. The molecule has 21 heavy (non-hydrogen) atoms. The standard InChI is InChI=1S/C15H15N3O3/c19-14(4-1-11-5-7-16-8-6-11)18-13-3-2-12(17-10-13)9-15(20)21/h2-3,5-8,10H,1,4,9H2,(H,18,19)(H,20,21). The average Bonchev–Trinajstić information content (AvgIpc) is 2.48. The summed E-state index contributed by atoms with van der Waals surface area (Å²) in [6, 6.07) is 6.98. The van der Waals surface area contributed by atoms with Gasteiger partial charge in [-0.1, -0.05) is 0 Å². The van der Waals surface area contributed by atoms with E-state index in [0.29, 0.717) is 24.2 Å². The molecule has 0 aliphatic heterocycles. The summed E-state index contributed by atoms with van der Waals surface area (Å²) in [5, 5.41) is 11.4. The molecule has 0 spiro atoms. The fourth-order valence-electron chi connectivity index (χ4n) is 1.79. The number of amides is 1. The summed E-state index contributed by atoms with van der Waals surface area (Å²) in [5.41, 5.74) is 2.07. The molecule has 0 unspecified atom stereocenters. The van der Waals surface area contributed by atoms with E-state index in [1.165, 1.54) is 6.20 Å². The Morgan fingerprint density at radius 1 is 1.14 bits per heavy atom. The van der Waals surface area contributed by atoms with E-state index < -0.39 is 5.97 Å². The number of nitrogens with zero attached hydrogens (tertiary/aromatic N) is 2. The molecule has 0 saturated carbocycles. The van der Waals surface area contributed by atoms with Gasteiger partial charge in [-0.3, -0.25) is 19.6 Å². The number of carboxylic acids is 1. The van der Waals surface area contributed by atoms with Crippen LogP contribution in [0.5, 0.6) is 0 Å². The molecule has 2 aromatic heterocycles. The smallest absolute Gasteiger partial charge is 0.309 e. The highest BCUT2D eigenvalue weighted by molar-refractivity contribution is 5.90. The number of anilines is 1. The molecule has 108 valence electrons. The lowest BCUT2D eigenvalue weighted by Gasteiger charge is -2.05. The molecule has 0 atom stereocenters. The highest BCUT2D eigenvalue weighted by atomic mass is 16.4. The second kappa shape index (κ2) is 7.14. The van der Waals surface area contributed by atoms with Crippen molar-refractivity contribution in [3.63, 3.8) is 0 Å². The maximum absolute atomic E-state index is 11.8. The molecule has 0 aliphatic carbocycles. The topological polar surface area (TPSA) is 92.2 Å². The number of aryl methyl sites for hydroxylation is 1. The number of carbonyl (C=O) groups is 2.